The van der Waals surface area contributed by atoms with E-state index >= 15 is 0 Å². The van der Waals surface area contributed by atoms with Gasteiger partial charge in [0.1, 0.15) is 0 Å². The molecule has 3 rings (SSSR count). The Balaban J connectivity index is 1.84. The minimum atomic E-state index is -3.88. The third kappa shape index (κ3) is 4.05. The van der Waals surface area contributed by atoms with Crippen molar-refractivity contribution < 1.29 is 13.2 Å². The van der Waals surface area contributed by atoms with Gasteiger partial charge in [-0.15, -0.1) is 10.2 Å². The number of carbonyl (C=O) groups is 1. The van der Waals surface area contributed by atoms with E-state index in [9.17, 15) is 13.2 Å². The van der Waals surface area contributed by atoms with Crippen LogP contribution in [0.25, 0.3) is 0 Å². The van der Waals surface area contributed by atoms with Crippen molar-refractivity contribution in [3.05, 3.63) is 65.2 Å². The highest BCUT2D eigenvalue weighted by Gasteiger charge is 2.29. The molecule has 0 radical (unpaired) electrons. The van der Waals surface area contributed by atoms with Gasteiger partial charge in [-0.2, -0.15) is 8.42 Å². The highest BCUT2D eigenvalue weighted by Crippen LogP contribution is 2.29. The maximum Gasteiger partial charge on any atom is 0.293 e. The van der Waals surface area contributed by atoms with Crippen LogP contribution in [0.3, 0.4) is 0 Å². The summed E-state index contributed by atoms with van der Waals surface area (Å²) in [5.74, 6) is -0.369. The molecular formula is C19H20N4O3S2. The number of amides is 1. The van der Waals surface area contributed by atoms with E-state index in [1.165, 1.54) is 4.31 Å². The third-order valence-electron chi connectivity index (χ3n) is 4.12. The van der Waals surface area contributed by atoms with Crippen molar-refractivity contribution in [2.45, 2.75) is 25.1 Å². The number of nitrogens with zero attached hydrogens (tertiary/aromatic N) is 3. The molecule has 0 aliphatic rings. The number of benzene rings is 2. The number of carbonyl (C=O) groups excluding carboxylic acids is 1. The molecule has 28 heavy (non-hydrogen) atoms. The monoisotopic (exact) mass is 416 g/mol. The number of hydrogen-bond donors (Lipinski definition) is 1. The lowest BCUT2D eigenvalue weighted by Gasteiger charge is -2.22. The molecule has 0 aliphatic carbocycles. The molecule has 2 aromatic carbocycles. The van der Waals surface area contributed by atoms with Gasteiger partial charge in [-0.05, 0) is 44.5 Å². The Morgan fingerprint density at radius 2 is 1.75 bits per heavy atom. The van der Waals surface area contributed by atoms with Crippen LogP contribution in [0, 0.1) is 13.8 Å². The fourth-order valence-electron chi connectivity index (χ4n) is 2.65. The van der Waals surface area contributed by atoms with E-state index < -0.39 is 10.0 Å². The quantitative estimate of drug-likeness (QED) is 0.620. The molecule has 3 aromatic rings. The Morgan fingerprint density at radius 3 is 2.39 bits per heavy atom. The number of hydrogen-bond acceptors (Lipinski definition) is 6. The number of aryl methyl sites for hydroxylation is 2. The van der Waals surface area contributed by atoms with Crippen molar-refractivity contribution in [3.63, 3.8) is 0 Å². The van der Waals surface area contributed by atoms with E-state index in [1.807, 2.05) is 38.1 Å². The van der Waals surface area contributed by atoms with E-state index in [0.29, 0.717) is 11.3 Å². The van der Waals surface area contributed by atoms with Crippen LogP contribution >= 0.6 is 11.3 Å². The molecule has 0 bridgehead atoms. The second-order valence-electron chi connectivity index (χ2n) is 6.15. The van der Waals surface area contributed by atoms with Crippen LogP contribution in [0.5, 0.6) is 0 Å². The fourth-order valence-corrected chi connectivity index (χ4v) is 5.18. The molecule has 1 aromatic heterocycles. The smallest absolute Gasteiger partial charge is 0.293 e. The van der Waals surface area contributed by atoms with Crippen LogP contribution in [-0.2, 0) is 10.0 Å². The summed E-state index contributed by atoms with van der Waals surface area (Å²) in [6.45, 7) is 5.78. The molecule has 0 saturated heterocycles. The van der Waals surface area contributed by atoms with Crippen molar-refractivity contribution in [1.29, 1.82) is 0 Å². The van der Waals surface area contributed by atoms with Crippen molar-refractivity contribution in [2.24, 2.45) is 0 Å². The summed E-state index contributed by atoms with van der Waals surface area (Å²) in [7, 11) is -3.88. The minimum absolute atomic E-state index is 0.130. The highest BCUT2D eigenvalue weighted by atomic mass is 32.2. The molecule has 1 heterocycles. The molecule has 0 aliphatic heterocycles. The summed E-state index contributed by atoms with van der Waals surface area (Å²) < 4.78 is 27.2. The van der Waals surface area contributed by atoms with Gasteiger partial charge in [0, 0.05) is 12.1 Å². The first-order valence-corrected chi connectivity index (χ1v) is 10.9. The van der Waals surface area contributed by atoms with E-state index in [0.717, 1.165) is 22.5 Å². The summed E-state index contributed by atoms with van der Waals surface area (Å²) in [6, 6.07) is 14.3. The Labute approximate surface area is 168 Å². The van der Waals surface area contributed by atoms with Crippen LogP contribution in [0.1, 0.15) is 28.4 Å². The van der Waals surface area contributed by atoms with Crippen LogP contribution in [0.15, 0.2) is 52.9 Å². The number of rotatable bonds is 6. The first kappa shape index (κ1) is 20.0. The van der Waals surface area contributed by atoms with Gasteiger partial charge in [-0.1, -0.05) is 47.2 Å². The normalized spacial score (nSPS) is 11.2. The number of anilines is 2. The Hall–Kier alpha value is -2.78. The van der Waals surface area contributed by atoms with E-state index in [2.05, 4.69) is 15.5 Å². The average Bonchev–Trinajstić information content (AvgIpc) is 3.13. The van der Waals surface area contributed by atoms with Crippen LogP contribution in [0.4, 0.5) is 10.8 Å². The van der Waals surface area contributed by atoms with E-state index in [1.54, 1.807) is 31.2 Å². The molecule has 0 unspecified atom stereocenters. The minimum Gasteiger partial charge on any atom is -0.296 e. The van der Waals surface area contributed by atoms with Gasteiger partial charge >= 0.3 is 0 Å². The van der Waals surface area contributed by atoms with Gasteiger partial charge in [0.2, 0.25) is 5.13 Å². The van der Waals surface area contributed by atoms with Gasteiger partial charge in [-0.3, -0.25) is 14.4 Å². The summed E-state index contributed by atoms with van der Waals surface area (Å²) in [5, 5.41) is 10.4. The maximum atomic E-state index is 13.0. The molecular weight excluding hydrogens is 396 g/mol. The van der Waals surface area contributed by atoms with Crippen LogP contribution in [0.2, 0.25) is 0 Å². The number of sulfonamides is 1. The predicted molar refractivity (Wildman–Crippen MR) is 110 cm³/mol. The summed E-state index contributed by atoms with van der Waals surface area (Å²) >= 11 is 0.826. The second-order valence-corrected chi connectivity index (χ2v) is 9.16. The van der Waals surface area contributed by atoms with Gasteiger partial charge in [0.05, 0.1) is 5.69 Å². The van der Waals surface area contributed by atoms with E-state index in [4.69, 9.17) is 0 Å². The van der Waals surface area contributed by atoms with Crippen LogP contribution < -0.4 is 9.62 Å². The summed E-state index contributed by atoms with van der Waals surface area (Å²) in [4.78, 5) is 12.3. The fraction of sp³-hybridized carbons (Fsp3) is 0.211. The molecule has 146 valence electrons. The zero-order valence-electron chi connectivity index (χ0n) is 15.7. The average molecular weight is 417 g/mol. The SMILES string of the molecule is CCN(c1ccccc1C)S(=O)(=O)c1nnc(NC(=O)c2ccc(C)cc2)s1. The first-order chi connectivity index (χ1) is 13.3. The molecule has 0 spiro atoms. The van der Waals surface area contributed by atoms with Gasteiger partial charge in [0.25, 0.3) is 20.3 Å². The maximum absolute atomic E-state index is 13.0. The Bertz CT molecular complexity index is 1090. The molecule has 1 N–H and O–H groups in total. The number of nitrogens with one attached hydrogen (secondary N) is 1. The topological polar surface area (TPSA) is 92.3 Å². The predicted octanol–water partition coefficient (Wildman–Crippen LogP) is 3.62. The van der Waals surface area contributed by atoms with E-state index in [-0.39, 0.29) is 21.9 Å². The molecule has 0 fully saturated rings. The van der Waals surface area contributed by atoms with Crippen molar-refractivity contribution >= 4 is 38.1 Å². The van der Waals surface area contributed by atoms with Gasteiger partial charge < -0.3 is 0 Å². The zero-order chi connectivity index (χ0) is 20.3. The molecule has 9 heteroatoms. The number of aromatic nitrogens is 2. The molecule has 0 atom stereocenters. The molecule has 0 saturated carbocycles. The highest BCUT2D eigenvalue weighted by molar-refractivity contribution is 7.94. The number of para-hydroxylation sites is 1. The van der Waals surface area contributed by atoms with Crippen molar-refractivity contribution in [3.8, 4) is 0 Å². The van der Waals surface area contributed by atoms with Crippen molar-refractivity contribution in [2.75, 3.05) is 16.2 Å². The lowest BCUT2D eigenvalue weighted by molar-refractivity contribution is 0.102. The Morgan fingerprint density at radius 1 is 1.07 bits per heavy atom. The molecule has 7 nitrogen and oxygen atoms in total. The largest absolute Gasteiger partial charge is 0.296 e. The van der Waals surface area contributed by atoms with Crippen LogP contribution in [-0.4, -0.2) is 31.1 Å². The van der Waals surface area contributed by atoms with Gasteiger partial charge in [-0.25, -0.2) is 0 Å². The second kappa shape index (κ2) is 8.07. The standard InChI is InChI=1S/C19H20N4O3S2/c1-4-23(16-8-6-5-7-14(16)3)28(25,26)19-22-21-18(27-19)20-17(24)15-11-9-13(2)10-12-15/h5-12H,4H2,1-3H3,(H,20,21,24). The molecule has 1 amide bonds. The lowest BCUT2D eigenvalue weighted by Crippen LogP contribution is -2.31. The Kier molecular flexibility index (Phi) is 5.76. The summed E-state index contributed by atoms with van der Waals surface area (Å²) in [5.41, 5.74) is 2.92. The lowest BCUT2D eigenvalue weighted by atomic mass is 10.1. The zero-order valence-corrected chi connectivity index (χ0v) is 17.3. The first-order valence-electron chi connectivity index (χ1n) is 8.63. The van der Waals surface area contributed by atoms with Gasteiger partial charge in [0.15, 0.2) is 0 Å². The third-order valence-corrected chi connectivity index (χ3v) is 7.20. The van der Waals surface area contributed by atoms with Crippen molar-refractivity contribution in [1.82, 2.24) is 10.2 Å². The summed E-state index contributed by atoms with van der Waals surface area (Å²) in [6.07, 6.45) is 0.